The highest BCUT2D eigenvalue weighted by molar-refractivity contribution is 4.92. The van der Waals surface area contributed by atoms with Crippen LogP contribution < -0.4 is 0 Å². The summed E-state index contributed by atoms with van der Waals surface area (Å²) >= 11 is 0. The van der Waals surface area contributed by atoms with Crippen LogP contribution in [0.4, 0.5) is 0 Å². The van der Waals surface area contributed by atoms with Crippen molar-refractivity contribution in [3.63, 3.8) is 0 Å². The predicted molar refractivity (Wildman–Crippen MR) is 49.2 cm³/mol. The Morgan fingerprint density at radius 3 is 3.07 bits per heavy atom. The van der Waals surface area contributed by atoms with Gasteiger partial charge in [0.2, 0.25) is 11.7 Å². The minimum absolute atomic E-state index is 0.126. The second-order valence-corrected chi connectivity index (χ2v) is 3.31. The Morgan fingerprint density at radius 2 is 2.33 bits per heavy atom. The summed E-state index contributed by atoms with van der Waals surface area (Å²) in [7, 11) is 0. The molecular weight excluding hydrogens is 200 g/mol. The van der Waals surface area contributed by atoms with Crippen LogP contribution in [-0.4, -0.2) is 41.7 Å². The molecule has 1 atom stereocenters. The third kappa shape index (κ3) is 2.74. The fourth-order valence-corrected chi connectivity index (χ4v) is 1.37. The number of aromatic nitrogens is 2. The maximum atomic E-state index is 8.65. The van der Waals surface area contributed by atoms with Gasteiger partial charge >= 0.3 is 0 Å². The second kappa shape index (κ2) is 5.20. The molecule has 1 aliphatic heterocycles. The Labute approximate surface area is 87.2 Å². The fraction of sp³-hybridized carbons (Fsp3) is 0.778. The highest BCUT2D eigenvalue weighted by Crippen LogP contribution is 2.17. The van der Waals surface area contributed by atoms with Crippen LogP contribution >= 0.6 is 0 Å². The number of rotatable bonds is 4. The third-order valence-electron chi connectivity index (χ3n) is 2.14. The van der Waals surface area contributed by atoms with Crippen molar-refractivity contribution in [2.24, 2.45) is 0 Å². The lowest BCUT2D eigenvalue weighted by Gasteiger charge is -2.19. The molecule has 1 aromatic heterocycles. The molecule has 1 aromatic rings. The van der Waals surface area contributed by atoms with E-state index < -0.39 is 0 Å². The van der Waals surface area contributed by atoms with Crippen LogP contribution in [0.25, 0.3) is 0 Å². The van der Waals surface area contributed by atoms with Crippen LogP contribution in [0.3, 0.4) is 0 Å². The Bertz CT molecular complexity index is 296. The van der Waals surface area contributed by atoms with Gasteiger partial charge in [-0.05, 0) is 6.42 Å². The number of aryl methyl sites for hydroxylation is 1. The molecule has 1 saturated heterocycles. The van der Waals surface area contributed by atoms with E-state index in [0.29, 0.717) is 44.4 Å². The summed E-state index contributed by atoms with van der Waals surface area (Å²) in [6.45, 7) is 1.77. The molecule has 2 rings (SSSR count). The lowest BCUT2D eigenvalue weighted by Crippen LogP contribution is -2.22. The van der Waals surface area contributed by atoms with Crippen molar-refractivity contribution in [1.29, 1.82) is 0 Å². The van der Waals surface area contributed by atoms with E-state index in [1.807, 2.05) is 0 Å². The van der Waals surface area contributed by atoms with Crippen LogP contribution in [0.2, 0.25) is 0 Å². The molecule has 6 heteroatoms. The highest BCUT2D eigenvalue weighted by Gasteiger charge is 2.21. The van der Waals surface area contributed by atoms with E-state index in [9.17, 15) is 0 Å². The normalized spacial score (nSPS) is 21.8. The van der Waals surface area contributed by atoms with Gasteiger partial charge in [-0.1, -0.05) is 5.16 Å². The van der Waals surface area contributed by atoms with Gasteiger partial charge in [-0.3, -0.25) is 0 Å². The maximum Gasteiger partial charge on any atom is 0.226 e. The summed E-state index contributed by atoms with van der Waals surface area (Å²) in [6, 6.07) is 0. The zero-order chi connectivity index (χ0) is 10.5. The number of ether oxygens (including phenoxy) is 2. The van der Waals surface area contributed by atoms with Gasteiger partial charge in [0.15, 0.2) is 0 Å². The summed E-state index contributed by atoms with van der Waals surface area (Å²) < 4.78 is 15.7. The largest absolute Gasteiger partial charge is 0.396 e. The monoisotopic (exact) mass is 214 g/mol. The second-order valence-electron chi connectivity index (χ2n) is 3.31. The minimum Gasteiger partial charge on any atom is -0.396 e. The average Bonchev–Trinajstić information content (AvgIpc) is 2.76. The summed E-state index contributed by atoms with van der Waals surface area (Å²) in [5.74, 6) is 1.07. The van der Waals surface area contributed by atoms with Gasteiger partial charge in [0.25, 0.3) is 0 Å². The molecule has 6 nitrogen and oxygen atoms in total. The summed E-state index contributed by atoms with van der Waals surface area (Å²) in [5.41, 5.74) is 0. The molecule has 0 amide bonds. The molecule has 0 saturated carbocycles. The topological polar surface area (TPSA) is 77.6 Å². The number of nitrogens with zero attached hydrogens (tertiary/aromatic N) is 2. The smallest absolute Gasteiger partial charge is 0.226 e. The first-order valence-corrected chi connectivity index (χ1v) is 5.03. The predicted octanol–water partition coefficient (Wildman–Crippen LogP) is 0.0824. The maximum absolute atomic E-state index is 8.65. The molecule has 0 radical (unpaired) electrons. The third-order valence-corrected chi connectivity index (χ3v) is 2.14. The van der Waals surface area contributed by atoms with Gasteiger partial charge in [0, 0.05) is 13.0 Å². The van der Waals surface area contributed by atoms with E-state index in [-0.39, 0.29) is 12.7 Å². The van der Waals surface area contributed by atoms with Crippen molar-refractivity contribution in [2.45, 2.75) is 18.9 Å². The Hall–Kier alpha value is -0.980. The average molecular weight is 214 g/mol. The highest BCUT2D eigenvalue weighted by atomic mass is 16.6. The number of aliphatic hydroxyl groups is 1. The van der Waals surface area contributed by atoms with Crippen LogP contribution in [-0.2, 0) is 15.9 Å². The van der Waals surface area contributed by atoms with Gasteiger partial charge in [0.1, 0.15) is 6.10 Å². The Balaban J connectivity index is 1.93. The standard InChI is InChI=1S/C9H14N2O4/c12-3-1-2-8-10-9(11-15-8)7-6-13-4-5-14-7/h7,12H,1-6H2. The first-order chi connectivity index (χ1) is 7.40. The van der Waals surface area contributed by atoms with E-state index in [4.69, 9.17) is 19.1 Å². The van der Waals surface area contributed by atoms with Crippen molar-refractivity contribution < 1.29 is 19.1 Å². The zero-order valence-corrected chi connectivity index (χ0v) is 8.39. The SMILES string of the molecule is OCCCc1nc(C2COCCO2)no1. The Kier molecular flexibility index (Phi) is 3.65. The molecular formula is C9H14N2O4. The summed E-state index contributed by atoms with van der Waals surface area (Å²) in [4.78, 5) is 4.18. The van der Waals surface area contributed by atoms with E-state index in [2.05, 4.69) is 10.1 Å². The van der Waals surface area contributed by atoms with Gasteiger partial charge in [-0.2, -0.15) is 4.98 Å². The fourth-order valence-electron chi connectivity index (χ4n) is 1.37. The van der Waals surface area contributed by atoms with Crippen molar-refractivity contribution in [2.75, 3.05) is 26.4 Å². The molecule has 0 bridgehead atoms. The van der Waals surface area contributed by atoms with E-state index >= 15 is 0 Å². The van der Waals surface area contributed by atoms with Crippen molar-refractivity contribution in [3.05, 3.63) is 11.7 Å². The molecule has 1 unspecified atom stereocenters. The molecule has 2 heterocycles. The lowest BCUT2D eigenvalue weighted by molar-refractivity contribution is -0.0941. The first kappa shape index (κ1) is 10.5. The number of hydrogen-bond acceptors (Lipinski definition) is 6. The van der Waals surface area contributed by atoms with Gasteiger partial charge in [-0.15, -0.1) is 0 Å². The van der Waals surface area contributed by atoms with Crippen LogP contribution in [0.5, 0.6) is 0 Å². The van der Waals surface area contributed by atoms with Crippen molar-refractivity contribution in [3.8, 4) is 0 Å². The molecule has 84 valence electrons. The molecule has 1 fully saturated rings. The molecule has 1 N–H and O–H groups in total. The minimum atomic E-state index is -0.217. The number of hydrogen-bond donors (Lipinski definition) is 1. The first-order valence-electron chi connectivity index (χ1n) is 5.03. The number of aliphatic hydroxyl groups excluding tert-OH is 1. The van der Waals surface area contributed by atoms with Crippen LogP contribution in [0, 0.1) is 0 Å². The summed E-state index contributed by atoms with van der Waals surface area (Å²) in [6.07, 6.45) is 1.01. The zero-order valence-electron chi connectivity index (χ0n) is 8.39. The van der Waals surface area contributed by atoms with Crippen molar-refractivity contribution in [1.82, 2.24) is 10.1 Å². The van der Waals surface area contributed by atoms with E-state index in [1.165, 1.54) is 0 Å². The molecule has 0 spiro atoms. The summed E-state index contributed by atoms with van der Waals surface area (Å²) in [5, 5.41) is 12.5. The lowest BCUT2D eigenvalue weighted by atomic mass is 10.3. The van der Waals surface area contributed by atoms with Gasteiger partial charge < -0.3 is 19.1 Å². The quantitative estimate of drug-likeness (QED) is 0.765. The van der Waals surface area contributed by atoms with Crippen LogP contribution in [0.15, 0.2) is 4.52 Å². The van der Waals surface area contributed by atoms with Gasteiger partial charge in [0.05, 0.1) is 19.8 Å². The Morgan fingerprint density at radius 1 is 1.40 bits per heavy atom. The van der Waals surface area contributed by atoms with E-state index in [1.54, 1.807) is 0 Å². The van der Waals surface area contributed by atoms with Crippen LogP contribution in [0.1, 0.15) is 24.2 Å². The van der Waals surface area contributed by atoms with E-state index in [0.717, 1.165) is 0 Å². The molecule has 15 heavy (non-hydrogen) atoms. The molecule has 0 aliphatic carbocycles. The van der Waals surface area contributed by atoms with Crippen molar-refractivity contribution >= 4 is 0 Å². The molecule has 1 aliphatic rings. The molecule has 0 aromatic carbocycles. The van der Waals surface area contributed by atoms with Gasteiger partial charge in [-0.25, -0.2) is 0 Å².